The normalized spacial score (nSPS) is 12.6. The first kappa shape index (κ1) is 24.6. The maximum absolute atomic E-state index is 13.0. The molecule has 0 saturated carbocycles. The van der Waals surface area contributed by atoms with E-state index in [0.717, 1.165) is 9.75 Å². The summed E-state index contributed by atoms with van der Waals surface area (Å²) in [6, 6.07) is 11.8. The Hall–Kier alpha value is -3.57. The molecule has 0 radical (unpaired) electrons. The number of hydrogen-bond acceptors (Lipinski definition) is 8. The van der Waals surface area contributed by atoms with Gasteiger partial charge in [-0.1, -0.05) is 18.2 Å². The maximum atomic E-state index is 13.0. The van der Waals surface area contributed by atoms with E-state index in [1.54, 1.807) is 45.8 Å². The molecule has 3 heterocycles. The summed E-state index contributed by atoms with van der Waals surface area (Å²) >= 11 is 3.15. The van der Waals surface area contributed by atoms with E-state index < -0.39 is 18.0 Å². The Balaban J connectivity index is 1.38. The summed E-state index contributed by atoms with van der Waals surface area (Å²) in [7, 11) is 1.29. The van der Waals surface area contributed by atoms with E-state index in [9.17, 15) is 14.4 Å². The Kier molecular flexibility index (Phi) is 8.22. The number of methoxy groups -OCH3 is 1. The van der Waals surface area contributed by atoms with Gasteiger partial charge in [-0.2, -0.15) is 0 Å². The van der Waals surface area contributed by atoms with Crippen molar-refractivity contribution in [3.05, 3.63) is 68.5 Å². The van der Waals surface area contributed by atoms with Gasteiger partial charge in [0.15, 0.2) is 11.5 Å². The molecule has 1 atom stereocenters. The number of hydrogen-bond donors (Lipinski definition) is 2. The van der Waals surface area contributed by atoms with Gasteiger partial charge in [0.25, 0.3) is 0 Å². The number of fused-ring (bicyclic) bond motifs is 1. The van der Waals surface area contributed by atoms with Crippen LogP contribution in [0.3, 0.4) is 0 Å². The second-order valence-corrected chi connectivity index (χ2v) is 9.75. The number of carbonyl (C=O) groups is 3. The van der Waals surface area contributed by atoms with Crippen molar-refractivity contribution in [3.63, 3.8) is 0 Å². The van der Waals surface area contributed by atoms with Gasteiger partial charge < -0.3 is 29.7 Å². The van der Waals surface area contributed by atoms with E-state index in [0.29, 0.717) is 30.2 Å². The van der Waals surface area contributed by atoms with E-state index in [2.05, 4.69) is 10.6 Å². The summed E-state index contributed by atoms with van der Waals surface area (Å²) in [5.74, 6) is 0.432. The molecular weight excluding hydrogens is 490 g/mol. The first-order valence-corrected chi connectivity index (χ1v) is 12.6. The number of esters is 1. The smallest absolute Gasteiger partial charge is 0.315 e. The molecule has 2 aromatic heterocycles. The molecule has 0 fully saturated rings. The van der Waals surface area contributed by atoms with E-state index in [1.807, 2.05) is 35.0 Å². The first-order chi connectivity index (χ1) is 17.0. The third kappa shape index (κ3) is 6.74. The second kappa shape index (κ2) is 11.7. The predicted molar refractivity (Wildman–Crippen MR) is 131 cm³/mol. The van der Waals surface area contributed by atoms with Gasteiger partial charge in [0.2, 0.25) is 12.7 Å². The van der Waals surface area contributed by atoms with Crippen LogP contribution in [-0.4, -0.2) is 43.3 Å². The van der Waals surface area contributed by atoms with Crippen LogP contribution in [0.2, 0.25) is 0 Å². The molecule has 0 bridgehead atoms. The van der Waals surface area contributed by atoms with Gasteiger partial charge in [0, 0.05) is 9.75 Å². The predicted octanol–water partition coefficient (Wildman–Crippen LogP) is 3.67. The van der Waals surface area contributed by atoms with Crippen LogP contribution in [0.5, 0.6) is 11.5 Å². The highest BCUT2D eigenvalue weighted by Gasteiger charge is 2.23. The van der Waals surface area contributed by atoms with Crippen molar-refractivity contribution < 1.29 is 28.6 Å². The third-order valence-corrected chi connectivity index (χ3v) is 7.03. The van der Waals surface area contributed by atoms with Crippen molar-refractivity contribution in [1.29, 1.82) is 0 Å². The molecule has 0 aliphatic carbocycles. The highest BCUT2D eigenvalue weighted by Crippen LogP contribution is 2.34. The molecular formula is C24H25N3O6S2. The monoisotopic (exact) mass is 515 g/mol. The molecule has 1 unspecified atom stereocenters. The molecule has 0 spiro atoms. The van der Waals surface area contributed by atoms with E-state index in [4.69, 9.17) is 14.2 Å². The first-order valence-electron chi connectivity index (χ1n) is 10.8. The Morgan fingerprint density at radius 2 is 1.71 bits per heavy atom. The molecule has 0 saturated heterocycles. The third-order valence-electron chi connectivity index (χ3n) is 5.31. The van der Waals surface area contributed by atoms with Gasteiger partial charge in [-0.15, -0.1) is 22.7 Å². The Labute approximate surface area is 210 Å². The summed E-state index contributed by atoms with van der Waals surface area (Å²) in [6.45, 7) is 0.846. The van der Waals surface area contributed by atoms with Gasteiger partial charge in [-0.3, -0.25) is 9.59 Å². The minimum Gasteiger partial charge on any atom is -0.469 e. The van der Waals surface area contributed by atoms with Crippen LogP contribution < -0.4 is 20.1 Å². The van der Waals surface area contributed by atoms with Crippen LogP contribution in [0.1, 0.15) is 27.8 Å². The number of amides is 3. The van der Waals surface area contributed by atoms with Crippen LogP contribution >= 0.6 is 22.7 Å². The fourth-order valence-electron chi connectivity index (χ4n) is 3.52. The summed E-state index contributed by atoms with van der Waals surface area (Å²) in [5.41, 5.74) is 0.651. The van der Waals surface area contributed by atoms with Crippen LogP contribution in [0.15, 0.2) is 53.2 Å². The number of rotatable bonds is 10. The number of ether oxygens (including phenoxy) is 3. The van der Waals surface area contributed by atoms with Crippen LogP contribution in [0.25, 0.3) is 0 Å². The molecule has 3 amide bonds. The fourth-order valence-corrected chi connectivity index (χ4v) is 4.96. The summed E-state index contributed by atoms with van der Waals surface area (Å²) in [4.78, 5) is 41.5. The zero-order chi connectivity index (χ0) is 24.6. The molecule has 3 aromatic rings. The molecule has 35 heavy (non-hydrogen) atoms. The molecule has 2 N–H and O–H groups in total. The van der Waals surface area contributed by atoms with Crippen molar-refractivity contribution in [3.8, 4) is 11.5 Å². The number of nitrogens with one attached hydrogen (secondary N) is 2. The van der Waals surface area contributed by atoms with E-state index in [1.165, 1.54) is 7.11 Å². The number of thiophene rings is 2. The van der Waals surface area contributed by atoms with E-state index >= 15 is 0 Å². The number of benzene rings is 1. The lowest BCUT2D eigenvalue weighted by molar-refractivity contribution is -0.141. The number of nitrogens with zero attached hydrogens (tertiary/aromatic N) is 1. The molecule has 184 valence electrons. The SMILES string of the molecule is COC(=O)CC(NC(=O)NCC(=O)N(Cc1cccs1)Cc1cccs1)c1ccc2c(c1)OCO2. The zero-order valence-corrected chi connectivity index (χ0v) is 20.7. The van der Waals surface area contributed by atoms with Gasteiger partial charge in [-0.05, 0) is 40.6 Å². The number of urea groups is 1. The van der Waals surface area contributed by atoms with Crippen molar-refractivity contribution >= 4 is 40.6 Å². The second-order valence-electron chi connectivity index (χ2n) is 7.68. The summed E-state index contributed by atoms with van der Waals surface area (Å²) in [6.07, 6.45) is -0.0829. The summed E-state index contributed by atoms with van der Waals surface area (Å²) < 4.78 is 15.5. The lowest BCUT2D eigenvalue weighted by Crippen LogP contribution is -2.44. The van der Waals surface area contributed by atoms with Gasteiger partial charge >= 0.3 is 12.0 Å². The van der Waals surface area contributed by atoms with Crippen LogP contribution in [0, 0.1) is 0 Å². The molecule has 4 rings (SSSR count). The van der Waals surface area contributed by atoms with Crippen LogP contribution in [0.4, 0.5) is 4.79 Å². The maximum Gasteiger partial charge on any atom is 0.315 e. The quantitative estimate of drug-likeness (QED) is 0.399. The largest absolute Gasteiger partial charge is 0.469 e. The lowest BCUT2D eigenvalue weighted by atomic mass is 10.0. The van der Waals surface area contributed by atoms with Crippen molar-refractivity contribution in [2.75, 3.05) is 20.4 Å². The van der Waals surface area contributed by atoms with Crippen molar-refractivity contribution in [1.82, 2.24) is 15.5 Å². The fraction of sp³-hybridized carbons (Fsp3) is 0.292. The average Bonchev–Trinajstić information content (AvgIpc) is 3.64. The highest BCUT2D eigenvalue weighted by molar-refractivity contribution is 7.10. The van der Waals surface area contributed by atoms with Crippen molar-refractivity contribution in [2.24, 2.45) is 0 Å². The van der Waals surface area contributed by atoms with Gasteiger partial charge in [-0.25, -0.2) is 4.79 Å². The standard InChI is InChI=1S/C24H25N3O6S2/c1-31-23(29)11-19(16-6-7-20-21(10-16)33-15-32-20)26-24(30)25-12-22(28)27(13-17-4-2-8-34-17)14-18-5-3-9-35-18/h2-10,19H,11-15H2,1H3,(H2,25,26,30). The Morgan fingerprint density at radius 3 is 2.34 bits per heavy atom. The average molecular weight is 516 g/mol. The minimum absolute atomic E-state index is 0.0829. The molecule has 1 aromatic carbocycles. The lowest BCUT2D eigenvalue weighted by Gasteiger charge is -2.23. The molecule has 9 nitrogen and oxygen atoms in total. The molecule has 1 aliphatic rings. The highest BCUT2D eigenvalue weighted by atomic mass is 32.1. The van der Waals surface area contributed by atoms with Crippen molar-refractivity contribution in [2.45, 2.75) is 25.6 Å². The van der Waals surface area contributed by atoms with Gasteiger partial charge in [0.1, 0.15) is 0 Å². The Morgan fingerprint density at radius 1 is 1.03 bits per heavy atom. The number of carbonyl (C=O) groups excluding carboxylic acids is 3. The zero-order valence-electron chi connectivity index (χ0n) is 19.0. The van der Waals surface area contributed by atoms with Gasteiger partial charge in [0.05, 0.1) is 39.2 Å². The van der Waals surface area contributed by atoms with Crippen LogP contribution in [-0.2, 0) is 27.4 Å². The molecule has 1 aliphatic heterocycles. The minimum atomic E-state index is -0.680. The van der Waals surface area contributed by atoms with E-state index in [-0.39, 0.29) is 25.7 Å². The Bertz CT molecular complexity index is 1110. The molecule has 11 heteroatoms. The summed E-state index contributed by atoms with van der Waals surface area (Å²) in [5, 5.41) is 9.31. The topological polar surface area (TPSA) is 106 Å².